The van der Waals surface area contributed by atoms with Crippen molar-refractivity contribution in [3.05, 3.63) is 65.4 Å². The van der Waals surface area contributed by atoms with Crippen molar-refractivity contribution in [3.8, 4) is 23.1 Å². The number of carbonyl (C=O) groups excluding carboxylic acids is 1. The van der Waals surface area contributed by atoms with E-state index in [9.17, 15) is 4.79 Å². The zero-order valence-electron chi connectivity index (χ0n) is 16.8. The van der Waals surface area contributed by atoms with Gasteiger partial charge in [0.1, 0.15) is 22.9 Å². The topological polar surface area (TPSA) is 99.8 Å². The van der Waals surface area contributed by atoms with Gasteiger partial charge >= 0.3 is 0 Å². The average molecular weight is 406 g/mol. The lowest BCUT2D eigenvalue weighted by molar-refractivity contribution is 0.0717. The van der Waals surface area contributed by atoms with Gasteiger partial charge in [0.2, 0.25) is 11.8 Å². The monoisotopic (exact) mass is 406 g/mol. The molecule has 0 fully saturated rings. The molecule has 4 rings (SSSR count). The number of benzene rings is 2. The number of rotatable bonds is 6. The summed E-state index contributed by atoms with van der Waals surface area (Å²) in [6.45, 7) is 0.879. The summed E-state index contributed by atoms with van der Waals surface area (Å²) in [5, 5.41) is 0. The highest BCUT2D eigenvalue weighted by Crippen LogP contribution is 2.32. The highest BCUT2D eigenvalue weighted by Gasteiger charge is 2.30. The summed E-state index contributed by atoms with van der Waals surface area (Å²) in [6, 6.07) is 14.8. The third kappa shape index (κ3) is 3.84. The number of aromatic nitrogens is 2. The number of para-hydroxylation sites is 1. The highest BCUT2D eigenvalue weighted by molar-refractivity contribution is 5.95. The van der Waals surface area contributed by atoms with E-state index in [1.165, 1.54) is 0 Å². The van der Waals surface area contributed by atoms with E-state index in [4.69, 9.17) is 19.9 Å². The van der Waals surface area contributed by atoms with Crippen molar-refractivity contribution in [2.24, 2.45) is 0 Å². The maximum absolute atomic E-state index is 13.2. The first-order chi connectivity index (χ1) is 14.6. The number of methoxy groups -OCH3 is 2. The van der Waals surface area contributed by atoms with Crippen molar-refractivity contribution in [3.63, 3.8) is 0 Å². The van der Waals surface area contributed by atoms with Crippen molar-refractivity contribution in [1.82, 2.24) is 14.9 Å². The Hall–Kier alpha value is -3.81. The molecule has 1 aromatic heterocycles. The number of carbonyl (C=O) groups is 1. The Kier molecular flexibility index (Phi) is 5.38. The van der Waals surface area contributed by atoms with Crippen LogP contribution in [-0.2, 0) is 13.0 Å². The van der Waals surface area contributed by atoms with Crippen LogP contribution in [0.5, 0.6) is 23.1 Å². The molecule has 3 aromatic rings. The SMILES string of the molecule is COc1ccc(CN2CCc3c(Oc4ccccc4)nc(N)nc3C2=O)c(OC)c1. The van der Waals surface area contributed by atoms with Crippen LogP contribution < -0.4 is 19.9 Å². The number of nitrogens with zero attached hydrogens (tertiary/aromatic N) is 3. The summed E-state index contributed by atoms with van der Waals surface area (Å²) < 4.78 is 16.6. The summed E-state index contributed by atoms with van der Waals surface area (Å²) in [4.78, 5) is 23.3. The van der Waals surface area contributed by atoms with Gasteiger partial charge in [0.05, 0.1) is 14.2 Å². The standard InChI is InChI=1S/C22H22N4O4/c1-28-16-9-8-14(18(12-16)29-2)13-26-11-10-17-19(21(26)27)24-22(23)25-20(17)30-15-6-4-3-5-7-15/h3-9,12H,10-11,13H2,1-2H3,(H2,23,24,25). The Balaban J connectivity index is 1.61. The molecule has 0 spiro atoms. The Morgan fingerprint density at radius 2 is 1.83 bits per heavy atom. The van der Waals surface area contributed by atoms with Gasteiger partial charge in [-0.05, 0) is 30.7 Å². The Morgan fingerprint density at radius 1 is 1.03 bits per heavy atom. The van der Waals surface area contributed by atoms with Gasteiger partial charge in [0.15, 0.2) is 0 Å². The van der Waals surface area contributed by atoms with Crippen molar-refractivity contribution < 1.29 is 19.0 Å². The summed E-state index contributed by atoms with van der Waals surface area (Å²) in [6.07, 6.45) is 0.558. The second-order valence-electron chi connectivity index (χ2n) is 6.78. The molecule has 0 atom stereocenters. The molecule has 2 aromatic carbocycles. The van der Waals surface area contributed by atoms with Gasteiger partial charge in [0.25, 0.3) is 5.91 Å². The predicted molar refractivity (Wildman–Crippen MR) is 111 cm³/mol. The number of anilines is 1. The number of nitrogens with two attached hydrogens (primary N) is 1. The molecule has 30 heavy (non-hydrogen) atoms. The minimum absolute atomic E-state index is 0.00286. The van der Waals surface area contributed by atoms with Crippen LogP contribution in [0.2, 0.25) is 0 Å². The third-order valence-electron chi connectivity index (χ3n) is 4.92. The molecule has 0 saturated carbocycles. The van der Waals surface area contributed by atoms with Crippen LogP contribution in [-0.4, -0.2) is 41.5 Å². The Labute approximate surface area is 174 Å². The smallest absolute Gasteiger partial charge is 0.273 e. The molecule has 0 radical (unpaired) electrons. The minimum Gasteiger partial charge on any atom is -0.497 e. The lowest BCUT2D eigenvalue weighted by Crippen LogP contribution is -2.38. The van der Waals surface area contributed by atoms with Gasteiger partial charge in [-0.2, -0.15) is 4.98 Å². The second kappa shape index (κ2) is 8.28. The van der Waals surface area contributed by atoms with Gasteiger partial charge in [-0.15, -0.1) is 0 Å². The predicted octanol–water partition coefficient (Wildman–Crippen LogP) is 3.07. The largest absolute Gasteiger partial charge is 0.497 e. The quantitative estimate of drug-likeness (QED) is 0.671. The number of amides is 1. The normalized spacial score (nSPS) is 13.0. The molecule has 1 amide bonds. The van der Waals surface area contributed by atoms with Gasteiger partial charge in [-0.3, -0.25) is 4.79 Å². The maximum Gasteiger partial charge on any atom is 0.273 e. The fourth-order valence-corrected chi connectivity index (χ4v) is 3.40. The van der Waals surface area contributed by atoms with Crippen molar-refractivity contribution in [1.29, 1.82) is 0 Å². The number of ether oxygens (including phenoxy) is 3. The van der Waals surface area contributed by atoms with E-state index < -0.39 is 0 Å². The number of hydrogen-bond acceptors (Lipinski definition) is 7. The maximum atomic E-state index is 13.2. The van der Waals surface area contributed by atoms with Crippen molar-refractivity contribution in [2.45, 2.75) is 13.0 Å². The second-order valence-corrected chi connectivity index (χ2v) is 6.78. The number of hydrogen-bond donors (Lipinski definition) is 1. The average Bonchev–Trinajstić information content (AvgIpc) is 2.77. The van der Waals surface area contributed by atoms with Crippen LogP contribution in [0.4, 0.5) is 5.95 Å². The first-order valence-electron chi connectivity index (χ1n) is 9.48. The molecule has 0 bridgehead atoms. The molecule has 2 N–H and O–H groups in total. The lowest BCUT2D eigenvalue weighted by Gasteiger charge is -2.29. The number of nitrogen functional groups attached to an aromatic ring is 1. The Bertz CT molecular complexity index is 1070. The van der Waals surface area contributed by atoms with Crippen LogP contribution in [0.1, 0.15) is 21.6 Å². The van der Waals surface area contributed by atoms with Crippen LogP contribution in [0, 0.1) is 0 Å². The fourth-order valence-electron chi connectivity index (χ4n) is 3.40. The van der Waals surface area contributed by atoms with Gasteiger partial charge in [-0.25, -0.2) is 4.98 Å². The molecule has 1 aliphatic rings. The molecule has 2 heterocycles. The van der Waals surface area contributed by atoms with E-state index in [1.807, 2.05) is 42.5 Å². The van der Waals surface area contributed by atoms with Gasteiger partial charge in [0, 0.05) is 30.3 Å². The van der Waals surface area contributed by atoms with E-state index in [1.54, 1.807) is 25.2 Å². The van der Waals surface area contributed by atoms with Crippen LogP contribution in [0.15, 0.2) is 48.5 Å². The summed E-state index contributed by atoms with van der Waals surface area (Å²) >= 11 is 0. The molecule has 8 heteroatoms. The molecule has 0 unspecified atom stereocenters. The number of fused-ring (bicyclic) bond motifs is 1. The van der Waals surface area contributed by atoms with Crippen LogP contribution in [0.3, 0.4) is 0 Å². The van der Waals surface area contributed by atoms with Crippen LogP contribution in [0.25, 0.3) is 0 Å². The third-order valence-corrected chi connectivity index (χ3v) is 4.92. The zero-order chi connectivity index (χ0) is 21.1. The molecular formula is C22H22N4O4. The molecule has 8 nitrogen and oxygen atoms in total. The summed E-state index contributed by atoms with van der Waals surface area (Å²) in [5.41, 5.74) is 7.67. The zero-order valence-corrected chi connectivity index (χ0v) is 16.8. The first kappa shape index (κ1) is 19.5. The minimum atomic E-state index is -0.221. The van der Waals surface area contributed by atoms with E-state index >= 15 is 0 Å². The van der Waals surface area contributed by atoms with Crippen LogP contribution >= 0.6 is 0 Å². The van der Waals surface area contributed by atoms with Crippen molar-refractivity contribution in [2.75, 3.05) is 26.5 Å². The highest BCUT2D eigenvalue weighted by atomic mass is 16.5. The molecule has 0 saturated heterocycles. The summed E-state index contributed by atoms with van der Waals surface area (Å²) in [7, 11) is 3.19. The van der Waals surface area contributed by atoms with E-state index in [2.05, 4.69) is 9.97 Å². The van der Waals surface area contributed by atoms with Gasteiger partial charge in [-0.1, -0.05) is 18.2 Å². The molecule has 154 valence electrons. The van der Waals surface area contributed by atoms with Gasteiger partial charge < -0.3 is 24.8 Å². The fraction of sp³-hybridized carbons (Fsp3) is 0.227. The molecule has 1 aliphatic heterocycles. The first-order valence-corrected chi connectivity index (χ1v) is 9.48. The molecular weight excluding hydrogens is 384 g/mol. The molecule has 0 aliphatic carbocycles. The van der Waals surface area contributed by atoms with Crippen molar-refractivity contribution >= 4 is 11.9 Å². The summed E-state index contributed by atoms with van der Waals surface area (Å²) in [5.74, 6) is 2.06. The van der Waals surface area contributed by atoms with E-state index in [-0.39, 0.29) is 17.5 Å². The van der Waals surface area contributed by atoms with E-state index in [0.29, 0.717) is 48.2 Å². The van der Waals surface area contributed by atoms with E-state index in [0.717, 1.165) is 5.56 Å². The lowest BCUT2D eigenvalue weighted by atomic mass is 10.0. The Morgan fingerprint density at radius 3 is 2.57 bits per heavy atom.